The molecule has 1 fully saturated rings. The average Bonchev–Trinajstić information content (AvgIpc) is 2.36. The van der Waals surface area contributed by atoms with Gasteiger partial charge < -0.3 is 16.0 Å². The van der Waals surface area contributed by atoms with Crippen molar-refractivity contribution in [3.8, 4) is 0 Å². The predicted octanol–water partition coefficient (Wildman–Crippen LogP) is 1.30. The van der Waals surface area contributed by atoms with Crippen LogP contribution >= 0.6 is 15.9 Å². The van der Waals surface area contributed by atoms with Gasteiger partial charge in [-0.2, -0.15) is 0 Å². The standard InChI is InChI=1S/C13H16BrN3O2/c1-7-10(5-9(14)6-11(7)15)13(19)17-4-3-16-12(18)8(17)2/h5-6,8H,3-4,15H2,1-2H3,(H,16,18). The van der Waals surface area contributed by atoms with Crippen molar-refractivity contribution in [3.63, 3.8) is 0 Å². The van der Waals surface area contributed by atoms with Crippen LogP contribution < -0.4 is 11.1 Å². The molecule has 1 saturated heterocycles. The van der Waals surface area contributed by atoms with Gasteiger partial charge in [0.2, 0.25) is 5.91 Å². The van der Waals surface area contributed by atoms with E-state index in [0.717, 1.165) is 10.0 Å². The summed E-state index contributed by atoms with van der Waals surface area (Å²) in [6, 6.07) is 3.05. The number of benzene rings is 1. The van der Waals surface area contributed by atoms with Crippen LogP contribution in [0.5, 0.6) is 0 Å². The van der Waals surface area contributed by atoms with Crippen LogP contribution in [0.15, 0.2) is 16.6 Å². The molecular weight excluding hydrogens is 310 g/mol. The van der Waals surface area contributed by atoms with Crippen molar-refractivity contribution >= 4 is 33.4 Å². The first kappa shape index (κ1) is 13.9. The summed E-state index contributed by atoms with van der Waals surface area (Å²) in [6.07, 6.45) is 0. The number of rotatable bonds is 1. The van der Waals surface area contributed by atoms with Gasteiger partial charge in [0.1, 0.15) is 6.04 Å². The molecule has 5 nitrogen and oxygen atoms in total. The highest BCUT2D eigenvalue weighted by atomic mass is 79.9. The van der Waals surface area contributed by atoms with Gasteiger partial charge in [0.15, 0.2) is 0 Å². The first-order chi connectivity index (χ1) is 8.91. The van der Waals surface area contributed by atoms with Gasteiger partial charge in [-0.3, -0.25) is 9.59 Å². The molecular formula is C13H16BrN3O2. The normalized spacial score (nSPS) is 19.2. The van der Waals surface area contributed by atoms with Crippen LogP contribution in [-0.4, -0.2) is 35.8 Å². The second-order valence-electron chi connectivity index (χ2n) is 4.63. The number of hydrogen-bond donors (Lipinski definition) is 2. The first-order valence-electron chi connectivity index (χ1n) is 6.06. The number of piperazine rings is 1. The number of nitrogen functional groups attached to an aromatic ring is 1. The summed E-state index contributed by atoms with van der Waals surface area (Å²) in [5, 5.41) is 2.74. The number of nitrogens with zero attached hydrogens (tertiary/aromatic N) is 1. The number of nitrogens with one attached hydrogen (secondary N) is 1. The van der Waals surface area contributed by atoms with Crippen LogP contribution in [0.2, 0.25) is 0 Å². The van der Waals surface area contributed by atoms with Gasteiger partial charge in [0.25, 0.3) is 5.91 Å². The highest BCUT2D eigenvalue weighted by Gasteiger charge is 2.30. The number of halogens is 1. The van der Waals surface area contributed by atoms with Gasteiger partial charge in [-0.15, -0.1) is 0 Å². The van der Waals surface area contributed by atoms with Gasteiger partial charge >= 0.3 is 0 Å². The lowest BCUT2D eigenvalue weighted by molar-refractivity contribution is -0.127. The summed E-state index contributed by atoms with van der Waals surface area (Å²) in [7, 11) is 0. The Morgan fingerprint density at radius 2 is 2.21 bits per heavy atom. The minimum absolute atomic E-state index is 0.125. The van der Waals surface area contributed by atoms with Crippen LogP contribution in [0.25, 0.3) is 0 Å². The minimum atomic E-state index is -0.458. The smallest absolute Gasteiger partial charge is 0.254 e. The van der Waals surface area contributed by atoms with E-state index in [1.54, 1.807) is 24.0 Å². The van der Waals surface area contributed by atoms with Crippen molar-refractivity contribution in [3.05, 3.63) is 27.7 Å². The van der Waals surface area contributed by atoms with Crippen LogP contribution in [0.3, 0.4) is 0 Å². The number of amides is 2. The lowest BCUT2D eigenvalue weighted by Gasteiger charge is -2.33. The van der Waals surface area contributed by atoms with Crippen molar-refractivity contribution in [1.82, 2.24) is 10.2 Å². The van der Waals surface area contributed by atoms with Crippen LogP contribution in [-0.2, 0) is 4.79 Å². The van der Waals surface area contributed by atoms with E-state index in [1.165, 1.54) is 0 Å². The Kier molecular flexibility index (Phi) is 3.80. The molecule has 0 saturated carbocycles. The third-order valence-corrected chi connectivity index (χ3v) is 3.86. The molecule has 0 spiro atoms. The highest BCUT2D eigenvalue weighted by Crippen LogP contribution is 2.24. The Hall–Kier alpha value is -1.56. The van der Waals surface area contributed by atoms with E-state index < -0.39 is 6.04 Å². The largest absolute Gasteiger partial charge is 0.398 e. The van der Waals surface area contributed by atoms with E-state index in [4.69, 9.17) is 5.73 Å². The lowest BCUT2D eigenvalue weighted by Crippen LogP contribution is -2.55. The summed E-state index contributed by atoms with van der Waals surface area (Å²) in [5.74, 6) is -0.284. The molecule has 1 aliphatic heterocycles. The van der Waals surface area contributed by atoms with E-state index in [0.29, 0.717) is 24.3 Å². The van der Waals surface area contributed by atoms with E-state index in [9.17, 15) is 9.59 Å². The fraction of sp³-hybridized carbons (Fsp3) is 0.385. The second kappa shape index (κ2) is 5.21. The van der Waals surface area contributed by atoms with Gasteiger partial charge in [-0.1, -0.05) is 15.9 Å². The number of anilines is 1. The third kappa shape index (κ3) is 2.58. The zero-order valence-electron chi connectivity index (χ0n) is 10.9. The molecule has 1 atom stereocenters. The number of hydrogen-bond acceptors (Lipinski definition) is 3. The van der Waals surface area contributed by atoms with E-state index in [-0.39, 0.29) is 11.8 Å². The maximum Gasteiger partial charge on any atom is 0.254 e. The summed E-state index contributed by atoms with van der Waals surface area (Å²) in [6.45, 7) is 4.53. The molecule has 0 radical (unpaired) electrons. The molecule has 1 aromatic rings. The fourth-order valence-electron chi connectivity index (χ4n) is 2.14. The maximum atomic E-state index is 12.6. The Labute approximate surface area is 120 Å². The molecule has 19 heavy (non-hydrogen) atoms. The average molecular weight is 326 g/mol. The molecule has 0 aromatic heterocycles. The molecule has 1 heterocycles. The molecule has 2 rings (SSSR count). The summed E-state index contributed by atoms with van der Waals surface area (Å²) in [4.78, 5) is 25.7. The van der Waals surface area contributed by atoms with Crippen LogP contribution in [0.4, 0.5) is 5.69 Å². The Bertz CT molecular complexity index is 545. The first-order valence-corrected chi connectivity index (χ1v) is 6.85. The Morgan fingerprint density at radius 1 is 1.53 bits per heavy atom. The van der Waals surface area contributed by atoms with Gasteiger partial charge in [-0.05, 0) is 31.5 Å². The molecule has 6 heteroatoms. The van der Waals surface area contributed by atoms with Gasteiger partial charge in [-0.25, -0.2) is 0 Å². The fourth-order valence-corrected chi connectivity index (χ4v) is 2.61. The Balaban J connectivity index is 2.36. The topological polar surface area (TPSA) is 75.4 Å². The highest BCUT2D eigenvalue weighted by molar-refractivity contribution is 9.10. The van der Waals surface area contributed by atoms with Gasteiger partial charge in [0, 0.05) is 28.8 Å². The van der Waals surface area contributed by atoms with Gasteiger partial charge in [0.05, 0.1) is 0 Å². The molecule has 1 aromatic carbocycles. The number of nitrogens with two attached hydrogens (primary N) is 1. The molecule has 102 valence electrons. The van der Waals surface area contributed by atoms with E-state index >= 15 is 0 Å². The van der Waals surface area contributed by atoms with Crippen molar-refractivity contribution < 1.29 is 9.59 Å². The second-order valence-corrected chi connectivity index (χ2v) is 5.55. The molecule has 2 amide bonds. The number of carbonyl (C=O) groups is 2. The van der Waals surface area contributed by atoms with E-state index in [2.05, 4.69) is 21.2 Å². The van der Waals surface area contributed by atoms with E-state index in [1.807, 2.05) is 6.92 Å². The SMILES string of the molecule is Cc1c(N)cc(Br)cc1C(=O)N1CCNC(=O)C1C. The summed E-state index contributed by atoms with van der Waals surface area (Å²) >= 11 is 3.34. The molecule has 0 aliphatic carbocycles. The zero-order valence-corrected chi connectivity index (χ0v) is 12.5. The third-order valence-electron chi connectivity index (χ3n) is 3.40. The lowest BCUT2D eigenvalue weighted by atomic mass is 10.0. The van der Waals surface area contributed by atoms with Crippen molar-refractivity contribution in [2.75, 3.05) is 18.8 Å². The minimum Gasteiger partial charge on any atom is -0.398 e. The maximum absolute atomic E-state index is 12.6. The quantitative estimate of drug-likeness (QED) is 0.764. The summed E-state index contributed by atoms with van der Waals surface area (Å²) in [5.41, 5.74) is 7.71. The molecule has 1 unspecified atom stereocenters. The molecule has 1 aliphatic rings. The predicted molar refractivity (Wildman–Crippen MR) is 76.8 cm³/mol. The monoisotopic (exact) mass is 325 g/mol. The van der Waals surface area contributed by atoms with Crippen molar-refractivity contribution in [1.29, 1.82) is 0 Å². The zero-order chi connectivity index (χ0) is 14.2. The number of carbonyl (C=O) groups excluding carboxylic acids is 2. The molecule has 0 bridgehead atoms. The molecule has 3 N–H and O–H groups in total. The van der Waals surface area contributed by atoms with Crippen molar-refractivity contribution in [2.24, 2.45) is 0 Å². The van der Waals surface area contributed by atoms with Crippen LogP contribution in [0.1, 0.15) is 22.8 Å². The van der Waals surface area contributed by atoms with Crippen LogP contribution in [0, 0.1) is 6.92 Å². The summed E-state index contributed by atoms with van der Waals surface area (Å²) < 4.78 is 0.757. The van der Waals surface area contributed by atoms with Crippen molar-refractivity contribution in [2.45, 2.75) is 19.9 Å². The Morgan fingerprint density at radius 3 is 2.89 bits per heavy atom.